The first-order chi connectivity index (χ1) is 15.8. The largest absolute Gasteiger partial charge is 0.368 e. The highest BCUT2D eigenvalue weighted by molar-refractivity contribution is 5.98. The fourth-order valence-corrected chi connectivity index (χ4v) is 3.81. The quantitative estimate of drug-likeness (QED) is 0.368. The van der Waals surface area contributed by atoms with Gasteiger partial charge in [-0.05, 0) is 47.9 Å². The highest BCUT2D eigenvalue weighted by Gasteiger charge is 2.23. The molecule has 3 heterocycles. The number of primary amides is 1. The van der Waals surface area contributed by atoms with E-state index in [-0.39, 0.29) is 29.0 Å². The van der Waals surface area contributed by atoms with Crippen molar-refractivity contribution >= 4 is 16.9 Å². The highest BCUT2D eigenvalue weighted by Crippen LogP contribution is 2.23. The second kappa shape index (κ2) is 9.27. The zero-order valence-electron chi connectivity index (χ0n) is 17.5. The minimum atomic E-state index is -1.81. The number of nitrogens with two attached hydrogens (primary N) is 1. The summed E-state index contributed by atoms with van der Waals surface area (Å²) in [6.45, 7) is 0.0556. The van der Waals surface area contributed by atoms with Gasteiger partial charge < -0.3 is 15.9 Å². The molecule has 0 unspecified atom stereocenters. The zero-order chi connectivity index (χ0) is 23.5. The van der Waals surface area contributed by atoms with Gasteiger partial charge in [-0.25, -0.2) is 4.39 Å². The molecule has 0 aliphatic rings. The molecule has 0 radical (unpaired) electrons. The van der Waals surface area contributed by atoms with Gasteiger partial charge in [0.2, 0.25) is 0 Å². The molecule has 0 saturated carbocycles. The summed E-state index contributed by atoms with van der Waals surface area (Å²) in [6, 6.07) is 13.0. The molecule has 4 N–H and O–H groups in total. The number of aliphatic hydroxyl groups excluding tert-OH is 1. The summed E-state index contributed by atoms with van der Waals surface area (Å²) in [5.74, 6) is -1.32. The number of aliphatic hydroxyl groups is 2. The number of rotatable bonds is 7. The van der Waals surface area contributed by atoms with Crippen molar-refractivity contribution in [3.05, 3.63) is 105 Å². The normalized spacial score (nSPS) is 11.3. The predicted molar refractivity (Wildman–Crippen MR) is 119 cm³/mol. The van der Waals surface area contributed by atoms with E-state index in [0.29, 0.717) is 17.6 Å². The Balaban J connectivity index is 1.94. The molecule has 9 heteroatoms. The molecule has 0 spiro atoms. The topological polar surface area (TPSA) is 131 Å². The van der Waals surface area contributed by atoms with Gasteiger partial charge in [0, 0.05) is 24.4 Å². The summed E-state index contributed by atoms with van der Waals surface area (Å²) in [5.41, 5.74) is 7.38. The lowest BCUT2D eigenvalue weighted by Gasteiger charge is -2.17. The Morgan fingerprint density at radius 3 is 2.48 bits per heavy atom. The highest BCUT2D eigenvalue weighted by atomic mass is 19.1. The van der Waals surface area contributed by atoms with Gasteiger partial charge in [0.15, 0.2) is 6.29 Å². The molecule has 1 amide bonds. The van der Waals surface area contributed by atoms with E-state index < -0.39 is 24.2 Å². The number of carbonyl (C=O) groups excluding carboxylic acids is 1. The van der Waals surface area contributed by atoms with Crippen LogP contribution in [0.1, 0.15) is 32.7 Å². The number of amides is 1. The molecule has 4 aromatic rings. The van der Waals surface area contributed by atoms with Crippen LogP contribution in [0.25, 0.3) is 11.0 Å². The molecule has 33 heavy (non-hydrogen) atoms. The Morgan fingerprint density at radius 1 is 1.09 bits per heavy atom. The van der Waals surface area contributed by atoms with Crippen LogP contribution in [0.3, 0.4) is 0 Å². The second-order valence-corrected chi connectivity index (χ2v) is 7.63. The zero-order valence-corrected chi connectivity index (χ0v) is 17.5. The molecule has 0 aliphatic heterocycles. The lowest BCUT2D eigenvalue weighted by Crippen LogP contribution is -2.33. The van der Waals surface area contributed by atoms with Crippen molar-refractivity contribution in [2.45, 2.75) is 25.7 Å². The molecule has 168 valence electrons. The van der Waals surface area contributed by atoms with E-state index in [1.165, 1.54) is 16.7 Å². The lowest BCUT2D eigenvalue weighted by atomic mass is 10.0. The van der Waals surface area contributed by atoms with E-state index in [1.54, 1.807) is 48.8 Å². The van der Waals surface area contributed by atoms with Gasteiger partial charge in [0.05, 0.1) is 23.3 Å². The number of fused-ring (bicyclic) bond motifs is 1. The number of nitrogens with zero attached hydrogens (tertiary/aromatic N) is 3. The predicted octanol–water partition coefficient (Wildman–Crippen LogP) is 1.52. The summed E-state index contributed by atoms with van der Waals surface area (Å²) in [6.07, 6.45) is 1.39. The van der Waals surface area contributed by atoms with Crippen molar-refractivity contribution < 1.29 is 19.4 Å². The van der Waals surface area contributed by atoms with Gasteiger partial charge in [-0.3, -0.25) is 24.1 Å². The molecule has 0 saturated heterocycles. The number of hydrogen-bond acceptors (Lipinski definition) is 6. The number of pyridine rings is 3. The summed E-state index contributed by atoms with van der Waals surface area (Å²) < 4.78 is 14.6. The van der Waals surface area contributed by atoms with Crippen molar-refractivity contribution in [1.82, 2.24) is 14.5 Å². The van der Waals surface area contributed by atoms with E-state index in [0.717, 1.165) is 11.1 Å². The molecule has 0 fully saturated rings. The van der Waals surface area contributed by atoms with Crippen LogP contribution in [0.2, 0.25) is 0 Å². The Morgan fingerprint density at radius 2 is 1.85 bits per heavy atom. The molecule has 4 rings (SSSR count). The molecule has 8 nitrogen and oxygen atoms in total. The summed E-state index contributed by atoms with van der Waals surface area (Å²) in [5, 5.41) is 19.1. The second-order valence-electron chi connectivity index (χ2n) is 7.63. The van der Waals surface area contributed by atoms with Crippen LogP contribution < -0.4 is 11.3 Å². The van der Waals surface area contributed by atoms with Crippen molar-refractivity contribution in [1.29, 1.82) is 0 Å². The van der Waals surface area contributed by atoms with E-state index >= 15 is 0 Å². The third-order valence-electron chi connectivity index (χ3n) is 5.26. The van der Waals surface area contributed by atoms with Crippen LogP contribution >= 0.6 is 0 Å². The third-order valence-corrected chi connectivity index (χ3v) is 5.26. The Bertz CT molecular complexity index is 1370. The van der Waals surface area contributed by atoms with Gasteiger partial charge in [-0.15, -0.1) is 0 Å². The maximum absolute atomic E-state index is 13.3. The Labute approximate surface area is 187 Å². The van der Waals surface area contributed by atoms with E-state index in [9.17, 15) is 24.2 Å². The van der Waals surface area contributed by atoms with Gasteiger partial charge in [-0.1, -0.05) is 18.2 Å². The standard InChI is InChI=1S/C24H21FN4O4/c25-16-6-4-14(5-7-16)9-15-10-19-22(28-12-15)18(11-20(30)31)21(23(26)32)24(33)29(19)13-17-3-1-2-8-27-17/h1-8,10,12,20,30-31H,9,11,13H2,(H2,26,32). The maximum atomic E-state index is 13.3. The summed E-state index contributed by atoms with van der Waals surface area (Å²) in [4.78, 5) is 34.2. The number of hydrogen-bond donors (Lipinski definition) is 3. The summed E-state index contributed by atoms with van der Waals surface area (Å²) in [7, 11) is 0. The monoisotopic (exact) mass is 448 g/mol. The van der Waals surface area contributed by atoms with Crippen molar-refractivity contribution in [2.24, 2.45) is 5.73 Å². The number of carbonyl (C=O) groups is 1. The first-order valence-electron chi connectivity index (χ1n) is 10.2. The lowest BCUT2D eigenvalue weighted by molar-refractivity contribution is -0.0380. The van der Waals surface area contributed by atoms with Crippen LogP contribution in [0.15, 0.2) is 65.7 Å². The third kappa shape index (κ3) is 4.79. The minimum Gasteiger partial charge on any atom is -0.368 e. The molecule has 0 aliphatic carbocycles. The van der Waals surface area contributed by atoms with Crippen LogP contribution in [0, 0.1) is 5.82 Å². The van der Waals surface area contributed by atoms with Crippen molar-refractivity contribution in [3.8, 4) is 0 Å². The first-order valence-corrected chi connectivity index (χ1v) is 10.2. The Kier molecular flexibility index (Phi) is 6.25. The molecular weight excluding hydrogens is 427 g/mol. The average Bonchev–Trinajstić information content (AvgIpc) is 2.78. The first kappa shape index (κ1) is 22.3. The fourth-order valence-electron chi connectivity index (χ4n) is 3.81. The number of benzene rings is 1. The molecule has 0 bridgehead atoms. The van der Waals surface area contributed by atoms with Crippen LogP contribution in [0.4, 0.5) is 4.39 Å². The van der Waals surface area contributed by atoms with E-state index in [2.05, 4.69) is 9.97 Å². The smallest absolute Gasteiger partial charge is 0.264 e. The van der Waals surface area contributed by atoms with Gasteiger partial charge in [-0.2, -0.15) is 0 Å². The SMILES string of the molecule is NC(=O)c1c(CC(O)O)c2ncc(Cc3ccc(F)cc3)cc2n(Cc2ccccn2)c1=O. The van der Waals surface area contributed by atoms with Crippen molar-refractivity contribution in [3.63, 3.8) is 0 Å². The van der Waals surface area contributed by atoms with Crippen LogP contribution in [-0.2, 0) is 19.4 Å². The molecule has 0 atom stereocenters. The van der Waals surface area contributed by atoms with Gasteiger partial charge >= 0.3 is 0 Å². The Hall–Kier alpha value is -3.95. The van der Waals surface area contributed by atoms with E-state index in [1.807, 2.05) is 0 Å². The minimum absolute atomic E-state index is 0.0556. The fraction of sp³-hybridized carbons (Fsp3) is 0.167. The number of aromatic nitrogens is 3. The maximum Gasteiger partial charge on any atom is 0.264 e. The number of halogens is 1. The van der Waals surface area contributed by atoms with Crippen molar-refractivity contribution in [2.75, 3.05) is 0 Å². The van der Waals surface area contributed by atoms with Gasteiger partial charge in [0.25, 0.3) is 11.5 Å². The van der Waals surface area contributed by atoms with Crippen LogP contribution in [-0.4, -0.2) is 36.9 Å². The molecule has 1 aromatic carbocycles. The van der Waals surface area contributed by atoms with E-state index in [4.69, 9.17) is 5.73 Å². The molecular formula is C24H21FN4O4. The van der Waals surface area contributed by atoms with Crippen LogP contribution in [0.5, 0.6) is 0 Å². The summed E-state index contributed by atoms with van der Waals surface area (Å²) >= 11 is 0. The molecule has 3 aromatic heterocycles. The van der Waals surface area contributed by atoms with Gasteiger partial charge in [0.1, 0.15) is 11.4 Å². The average molecular weight is 448 g/mol.